The Morgan fingerprint density at radius 1 is 1.00 bits per heavy atom. The summed E-state index contributed by atoms with van der Waals surface area (Å²) in [6.07, 6.45) is 4.58. The van der Waals surface area contributed by atoms with Crippen molar-refractivity contribution in [1.82, 2.24) is 10.2 Å². The van der Waals surface area contributed by atoms with E-state index in [0.717, 1.165) is 49.0 Å². The number of nitrogens with zero attached hydrogens (tertiary/aromatic N) is 1. The average Bonchev–Trinajstić information content (AvgIpc) is 3.27. The van der Waals surface area contributed by atoms with Gasteiger partial charge in [-0.1, -0.05) is 85.1 Å². The quantitative estimate of drug-likeness (QED) is 0.382. The predicted octanol–water partition coefficient (Wildman–Crippen LogP) is 6.87. The molecule has 0 aromatic heterocycles. The molecule has 0 spiro atoms. The van der Waals surface area contributed by atoms with Crippen molar-refractivity contribution in [2.24, 2.45) is 17.3 Å². The van der Waals surface area contributed by atoms with Crippen LogP contribution in [-0.2, 0) is 21.5 Å². The lowest BCUT2D eigenvalue weighted by molar-refractivity contribution is -0.154. The van der Waals surface area contributed by atoms with Crippen LogP contribution < -0.4 is 10.1 Å². The summed E-state index contributed by atoms with van der Waals surface area (Å²) in [5, 5.41) is 14.4. The third-order valence-corrected chi connectivity index (χ3v) is 9.01. The number of aliphatic carboxylic acids is 1. The highest BCUT2D eigenvalue weighted by molar-refractivity contribution is 5.87. The number of hydrogen-bond acceptors (Lipinski definition) is 4. The summed E-state index contributed by atoms with van der Waals surface area (Å²) >= 11 is 0. The fourth-order valence-electron chi connectivity index (χ4n) is 6.91. The highest BCUT2D eigenvalue weighted by Crippen LogP contribution is 2.49. The van der Waals surface area contributed by atoms with Crippen LogP contribution >= 0.6 is 0 Å². The van der Waals surface area contributed by atoms with E-state index in [9.17, 15) is 19.1 Å². The largest absolute Gasteiger partial charge is 0.496 e. The summed E-state index contributed by atoms with van der Waals surface area (Å²) in [5.41, 5.74) is 2.37. The van der Waals surface area contributed by atoms with Crippen molar-refractivity contribution in [3.8, 4) is 5.75 Å². The molecule has 0 bridgehead atoms. The molecule has 0 unspecified atom stereocenters. The number of carboxylic acids is 1. The lowest BCUT2D eigenvalue weighted by Crippen LogP contribution is -2.49. The van der Waals surface area contributed by atoms with Gasteiger partial charge in [0.15, 0.2) is 0 Å². The Bertz CT molecular complexity index is 1220. The fourth-order valence-corrected chi connectivity index (χ4v) is 6.91. The second kappa shape index (κ2) is 12.1. The van der Waals surface area contributed by atoms with E-state index in [-0.39, 0.29) is 23.1 Å². The van der Waals surface area contributed by atoms with Crippen LogP contribution in [0.3, 0.4) is 0 Å². The number of carboxylic acid groups (broad SMARTS) is 1. The van der Waals surface area contributed by atoms with Gasteiger partial charge in [0, 0.05) is 30.0 Å². The number of rotatable bonds is 7. The molecule has 2 aromatic rings. The molecular formula is C34H47FN2O4. The van der Waals surface area contributed by atoms with Gasteiger partial charge in [-0.2, -0.15) is 0 Å². The summed E-state index contributed by atoms with van der Waals surface area (Å²) in [6.45, 7) is 13.0. The molecule has 1 aliphatic carbocycles. The number of methoxy groups -OCH3 is 1. The number of amides is 1. The number of ether oxygens (including phenoxy) is 1. The van der Waals surface area contributed by atoms with E-state index in [2.05, 4.69) is 38.2 Å². The molecule has 2 N–H and O–H groups in total. The van der Waals surface area contributed by atoms with Gasteiger partial charge < -0.3 is 20.1 Å². The lowest BCUT2D eigenvalue weighted by Gasteiger charge is -2.36. The molecule has 1 saturated heterocycles. The zero-order valence-electron chi connectivity index (χ0n) is 25.7. The fraction of sp³-hybridized carbons (Fsp3) is 0.588. The zero-order valence-corrected chi connectivity index (χ0v) is 25.7. The first kappa shape index (κ1) is 31.0. The first-order chi connectivity index (χ1) is 19.2. The predicted molar refractivity (Wildman–Crippen MR) is 159 cm³/mol. The summed E-state index contributed by atoms with van der Waals surface area (Å²) in [5.74, 6) is -1.32. The van der Waals surface area contributed by atoms with Crippen molar-refractivity contribution in [3.05, 3.63) is 65.0 Å². The zero-order chi connectivity index (χ0) is 30.1. The van der Waals surface area contributed by atoms with Gasteiger partial charge in [-0.15, -0.1) is 0 Å². The number of likely N-dealkylation sites (tertiary alicyclic amines) is 1. The van der Waals surface area contributed by atoms with Gasteiger partial charge in [-0.3, -0.25) is 4.79 Å². The smallest absolute Gasteiger partial charge is 0.326 e. The van der Waals surface area contributed by atoms with E-state index in [1.807, 2.05) is 26.8 Å². The number of nitrogens with one attached hydrogen (secondary N) is 1. The van der Waals surface area contributed by atoms with Gasteiger partial charge in [0.25, 0.3) is 0 Å². The second-order valence-electron chi connectivity index (χ2n) is 13.9. The number of halogens is 1. The summed E-state index contributed by atoms with van der Waals surface area (Å²) in [6, 6.07) is 10.4. The van der Waals surface area contributed by atoms with Crippen LogP contribution in [0.2, 0.25) is 0 Å². The normalized spacial score (nSPS) is 24.0. The molecule has 4 rings (SSSR count). The molecule has 224 valence electrons. The maximum absolute atomic E-state index is 14.3. The van der Waals surface area contributed by atoms with Crippen LogP contribution in [0.15, 0.2) is 42.5 Å². The van der Waals surface area contributed by atoms with E-state index in [1.54, 1.807) is 24.1 Å². The molecule has 1 aliphatic heterocycles. The molecule has 0 radical (unpaired) electrons. The van der Waals surface area contributed by atoms with Crippen molar-refractivity contribution >= 4 is 11.9 Å². The minimum Gasteiger partial charge on any atom is -0.496 e. The Morgan fingerprint density at radius 2 is 1.63 bits per heavy atom. The van der Waals surface area contributed by atoms with Gasteiger partial charge in [0.1, 0.15) is 17.6 Å². The van der Waals surface area contributed by atoms with Crippen LogP contribution in [0, 0.1) is 23.1 Å². The molecule has 1 heterocycles. The third-order valence-electron chi connectivity index (χ3n) is 9.01. The molecule has 4 atom stereocenters. The summed E-state index contributed by atoms with van der Waals surface area (Å²) in [4.78, 5) is 29.0. The number of carbonyl (C=O) groups excluding carboxylic acids is 1. The highest BCUT2D eigenvalue weighted by Gasteiger charge is 2.58. The number of carbonyl (C=O) groups is 2. The van der Waals surface area contributed by atoms with Crippen molar-refractivity contribution in [1.29, 1.82) is 0 Å². The van der Waals surface area contributed by atoms with Gasteiger partial charge in [0.2, 0.25) is 5.91 Å². The topological polar surface area (TPSA) is 78.9 Å². The first-order valence-electron chi connectivity index (χ1n) is 14.9. The highest BCUT2D eigenvalue weighted by atomic mass is 19.1. The maximum Gasteiger partial charge on any atom is 0.326 e. The van der Waals surface area contributed by atoms with Gasteiger partial charge in [-0.05, 0) is 53.0 Å². The molecule has 2 aromatic carbocycles. The van der Waals surface area contributed by atoms with E-state index in [1.165, 1.54) is 17.7 Å². The third kappa shape index (κ3) is 6.61. The van der Waals surface area contributed by atoms with Crippen LogP contribution in [0.1, 0.15) is 96.4 Å². The van der Waals surface area contributed by atoms with Gasteiger partial charge >= 0.3 is 5.97 Å². The Morgan fingerprint density at radius 3 is 2.17 bits per heavy atom. The molecule has 2 aliphatic rings. The van der Waals surface area contributed by atoms with Crippen LogP contribution in [-0.4, -0.2) is 41.1 Å². The van der Waals surface area contributed by atoms with E-state index in [0.29, 0.717) is 6.54 Å². The van der Waals surface area contributed by atoms with Crippen molar-refractivity contribution in [3.63, 3.8) is 0 Å². The monoisotopic (exact) mass is 566 g/mol. The second-order valence-corrected chi connectivity index (χ2v) is 13.9. The van der Waals surface area contributed by atoms with Crippen LogP contribution in [0.5, 0.6) is 5.75 Å². The van der Waals surface area contributed by atoms with E-state index < -0.39 is 35.4 Å². The number of hydrogen-bond donors (Lipinski definition) is 2. The Balaban J connectivity index is 1.82. The molecule has 2 fully saturated rings. The van der Waals surface area contributed by atoms with E-state index in [4.69, 9.17) is 4.74 Å². The summed E-state index contributed by atoms with van der Waals surface area (Å²) in [7, 11) is 1.65. The minimum absolute atomic E-state index is 0.0589. The Hall–Kier alpha value is -2.93. The van der Waals surface area contributed by atoms with Crippen molar-refractivity contribution in [2.75, 3.05) is 7.11 Å². The lowest BCUT2D eigenvalue weighted by atomic mass is 9.72. The minimum atomic E-state index is -1.01. The summed E-state index contributed by atoms with van der Waals surface area (Å²) < 4.78 is 19.8. The van der Waals surface area contributed by atoms with Gasteiger partial charge in [-0.25, -0.2) is 9.18 Å². The Labute approximate surface area is 244 Å². The van der Waals surface area contributed by atoms with Crippen molar-refractivity contribution < 1.29 is 23.8 Å². The molecule has 41 heavy (non-hydrogen) atoms. The van der Waals surface area contributed by atoms with Crippen molar-refractivity contribution in [2.45, 2.75) is 104 Å². The molecule has 7 heteroatoms. The van der Waals surface area contributed by atoms with Crippen LogP contribution in [0.25, 0.3) is 0 Å². The molecule has 6 nitrogen and oxygen atoms in total. The van der Waals surface area contributed by atoms with Crippen LogP contribution in [0.4, 0.5) is 4.39 Å². The number of benzene rings is 2. The SMILES string of the molecule is COc1ccc(C(C)(C)C)cc1CN[C@H]1[C@H](C(C)(C)C)[C@@H](C(=O)O)N(C(=O)C2CCCCC2)[C@H]1c1ccc(F)cc1. The molecule has 1 amide bonds. The van der Waals surface area contributed by atoms with E-state index >= 15 is 0 Å². The molecular weight excluding hydrogens is 519 g/mol. The Kier molecular flexibility index (Phi) is 9.17. The van der Waals surface area contributed by atoms with Gasteiger partial charge in [0.05, 0.1) is 13.2 Å². The molecule has 1 saturated carbocycles. The first-order valence-corrected chi connectivity index (χ1v) is 14.9. The average molecular weight is 567 g/mol. The maximum atomic E-state index is 14.3. The standard InChI is InChI=1S/C34H47FN2O4/c1-33(2,3)24-15-18-26(41-7)23(19-24)20-36-28-27(34(4,5)6)30(32(39)40)37(31(38)22-11-9-8-10-12-22)29(28)21-13-16-25(35)17-14-21/h13-19,22,27-30,36H,8-12,20H2,1-7H3,(H,39,40)/t27-,28-,29-,30-/m0/s1.